The highest BCUT2D eigenvalue weighted by atomic mass is 32.2. The zero-order chi connectivity index (χ0) is 12.3. The molecule has 0 radical (unpaired) electrons. The normalized spacial score (nSPS) is 11.1. The summed E-state index contributed by atoms with van der Waals surface area (Å²) in [6.45, 7) is 0. The Bertz CT molecular complexity index is 605. The summed E-state index contributed by atoms with van der Waals surface area (Å²) in [7, 11) is -5.07. The first-order valence-electron chi connectivity index (χ1n) is 4.17. The fourth-order valence-electron chi connectivity index (χ4n) is 1.10. The van der Waals surface area contributed by atoms with E-state index in [9.17, 15) is 16.8 Å². The lowest BCUT2D eigenvalue weighted by molar-refractivity contribution is -0.377. The zero-order valence-electron chi connectivity index (χ0n) is 8.36. The molecule has 6 nitrogen and oxygen atoms in total. The quantitative estimate of drug-likeness (QED) is 0.630. The molecule has 16 heavy (non-hydrogen) atoms. The van der Waals surface area contributed by atoms with Gasteiger partial charge in [-0.3, -0.25) is 4.55 Å². The van der Waals surface area contributed by atoms with Crippen LogP contribution in [-0.4, -0.2) is 32.4 Å². The molecule has 0 amide bonds. The standard InChI is InChI=1S/C8H9NO5S2/c1-9(15(10)11)8-4-2-7(3-5-8)6-16(12,13)14/h2-5H,6H2,1H3/p+1. The second kappa shape index (κ2) is 4.73. The summed E-state index contributed by atoms with van der Waals surface area (Å²) in [6.07, 6.45) is 0. The SMILES string of the molecule is C[N+](c1ccc(CS(=O)(=O)O)cc1)=S(=O)=O. The van der Waals surface area contributed by atoms with Gasteiger partial charge in [-0.25, -0.2) is 0 Å². The van der Waals surface area contributed by atoms with E-state index in [1.807, 2.05) is 0 Å². The highest BCUT2D eigenvalue weighted by Crippen LogP contribution is 2.13. The van der Waals surface area contributed by atoms with Gasteiger partial charge in [-0.2, -0.15) is 8.42 Å². The minimum Gasteiger partial charge on any atom is -0.285 e. The van der Waals surface area contributed by atoms with E-state index in [4.69, 9.17) is 4.55 Å². The molecule has 0 saturated heterocycles. The maximum atomic E-state index is 10.6. The van der Waals surface area contributed by atoms with Crippen molar-refractivity contribution in [1.29, 1.82) is 0 Å². The minimum absolute atomic E-state index is 0.385. The number of hydrogen-bond acceptors (Lipinski definition) is 4. The van der Waals surface area contributed by atoms with E-state index in [1.165, 1.54) is 31.3 Å². The van der Waals surface area contributed by atoms with Gasteiger partial charge < -0.3 is 0 Å². The molecule has 0 spiro atoms. The third kappa shape index (κ3) is 3.72. The summed E-state index contributed by atoms with van der Waals surface area (Å²) in [5, 5.41) is 0. The first kappa shape index (κ1) is 12.8. The first-order valence-corrected chi connectivity index (χ1v) is 6.81. The van der Waals surface area contributed by atoms with Crippen LogP contribution in [0.4, 0.5) is 5.69 Å². The molecule has 1 rings (SSSR count). The fraction of sp³-hybridized carbons (Fsp3) is 0.250. The molecule has 88 valence electrons. The van der Waals surface area contributed by atoms with Gasteiger partial charge in [-0.1, -0.05) is 16.1 Å². The van der Waals surface area contributed by atoms with Gasteiger partial charge in [0.25, 0.3) is 10.1 Å². The molecule has 0 fully saturated rings. The van der Waals surface area contributed by atoms with Crippen molar-refractivity contribution >= 4 is 26.3 Å². The highest BCUT2D eigenvalue weighted by molar-refractivity contribution is 7.85. The van der Waals surface area contributed by atoms with Crippen molar-refractivity contribution in [2.45, 2.75) is 5.75 Å². The summed E-state index contributed by atoms with van der Waals surface area (Å²) in [6, 6.07) is 5.78. The largest absolute Gasteiger partial charge is 0.464 e. The van der Waals surface area contributed by atoms with Crippen molar-refractivity contribution in [2.24, 2.45) is 0 Å². The minimum atomic E-state index is -4.06. The molecule has 0 saturated carbocycles. The fourth-order valence-corrected chi connectivity index (χ4v) is 2.01. The molecule has 0 heterocycles. The third-order valence-corrected chi connectivity index (χ3v) is 3.23. The van der Waals surface area contributed by atoms with Crippen LogP contribution in [0, 0.1) is 0 Å². The lowest BCUT2D eigenvalue weighted by Crippen LogP contribution is -2.02. The lowest BCUT2D eigenvalue weighted by atomic mass is 10.2. The van der Waals surface area contributed by atoms with Gasteiger partial charge in [0.15, 0.2) is 7.05 Å². The first-order chi connectivity index (χ1) is 7.29. The van der Waals surface area contributed by atoms with Gasteiger partial charge >= 0.3 is 10.5 Å². The second-order valence-corrected chi connectivity index (χ2v) is 5.54. The maximum Gasteiger partial charge on any atom is 0.464 e. The summed E-state index contributed by atoms with van der Waals surface area (Å²) < 4.78 is 52.0. The van der Waals surface area contributed by atoms with Crippen LogP contribution in [0.1, 0.15) is 5.56 Å². The van der Waals surface area contributed by atoms with E-state index in [1.54, 1.807) is 0 Å². The third-order valence-electron chi connectivity index (χ3n) is 1.87. The van der Waals surface area contributed by atoms with Crippen LogP contribution < -0.4 is 0 Å². The van der Waals surface area contributed by atoms with E-state index >= 15 is 0 Å². The number of benzene rings is 1. The van der Waals surface area contributed by atoms with Gasteiger partial charge in [-0.05, 0) is 5.56 Å². The molecule has 0 aliphatic rings. The molecule has 0 atom stereocenters. The van der Waals surface area contributed by atoms with Crippen LogP contribution in [0.3, 0.4) is 0 Å². The lowest BCUT2D eigenvalue weighted by Gasteiger charge is -1.97. The zero-order valence-corrected chi connectivity index (χ0v) is 9.99. The van der Waals surface area contributed by atoms with Crippen molar-refractivity contribution in [3.05, 3.63) is 29.8 Å². The summed E-state index contributed by atoms with van der Waals surface area (Å²) in [5.41, 5.74) is 0.795. The van der Waals surface area contributed by atoms with Gasteiger partial charge in [0.05, 0.1) is 0 Å². The number of hydrogen-bond donors (Lipinski definition) is 1. The number of rotatable bonds is 3. The van der Waals surface area contributed by atoms with Crippen LogP contribution in [0.5, 0.6) is 0 Å². The van der Waals surface area contributed by atoms with E-state index in [-0.39, 0.29) is 0 Å². The Labute approximate surface area is 94.6 Å². The molecule has 1 aromatic rings. The Morgan fingerprint density at radius 3 is 2.12 bits per heavy atom. The molecule has 1 aromatic carbocycles. The van der Waals surface area contributed by atoms with Gasteiger partial charge in [0, 0.05) is 12.1 Å². The molecule has 8 heteroatoms. The van der Waals surface area contributed by atoms with Gasteiger partial charge in [-0.15, -0.1) is 8.42 Å². The van der Waals surface area contributed by atoms with Gasteiger partial charge in [0.1, 0.15) is 5.75 Å². The van der Waals surface area contributed by atoms with E-state index in [2.05, 4.69) is 0 Å². The molecule has 0 unspecified atom stereocenters. The van der Waals surface area contributed by atoms with Crippen molar-refractivity contribution in [2.75, 3.05) is 7.05 Å². The van der Waals surface area contributed by atoms with Crippen LogP contribution in [0.15, 0.2) is 24.3 Å². The molecule has 0 aromatic heterocycles. The van der Waals surface area contributed by atoms with E-state index in [0.717, 1.165) is 3.95 Å². The molecule has 0 aliphatic heterocycles. The van der Waals surface area contributed by atoms with Crippen LogP contribution in [-0.2, 0) is 26.4 Å². The van der Waals surface area contributed by atoms with Gasteiger partial charge in [0.2, 0.25) is 5.69 Å². The summed E-state index contributed by atoms with van der Waals surface area (Å²) in [5.74, 6) is -0.489. The molecule has 0 bridgehead atoms. The van der Waals surface area contributed by atoms with Crippen LogP contribution in [0.25, 0.3) is 0 Å². The second-order valence-electron chi connectivity index (χ2n) is 3.11. The average Bonchev–Trinajstić information content (AvgIpc) is 2.15. The van der Waals surface area contributed by atoms with Crippen LogP contribution >= 0.6 is 0 Å². The predicted molar refractivity (Wildman–Crippen MR) is 56.5 cm³/mol. The number of nitrogens with zero attached hydrogens (tertiary/aromatic N) is 1. The molecular formula is C8H10NO5S2+. The Morgan fingerprint density at radius 2 is 1.75 bits per heavy atom. The van der Waals surface area contributed by atoms with E-state index < -0.39 is 26.4 Å². The molecule has 1 N–H and O–H groups in total. The summed E-state index contributed by atoms with van der Waals surface area (Å²) in [4.78, 5) is 0. The average molecular weight is 264 g/mol. The molecule has 0 aliphatic carbocycles. The Kier molecular flexibility index (Phi) is 3.79. The predicted octanol–water partition coefficient (Wildman–Crippen LogP) is 0.411. The topological polar surface area (TPSA) is 91.5 Å². The highest BCUT2D eigenvalue weighted by Gasteiger charge is 2.09. The van der Waals surface area contributed by atoms with E-state index in [0.29, 0.717) is 11.3 Å². The summed E-state index contributed by atoms with van der Waals surface area (Å²) >= 11 is 0. The Morgan fingerprint density at radius 1 is 1.25 bits per heavy atom. The Balaban J connectivity index is 3.06. The monoisotopic (exact) mass is 264 g/mol. The van der Waals surface area contributed by atoms with Crippen molar-refractivity contribution in [3.8, 4) is 0 Å². The molecular weight excluding hydrogens is 254 g/mol. The maximum absolute atomic E-state index is 10.6. The van der Waals surface area contributed by atoms with Crippen LogP contribution in [0.2, 0.25) is 0 Å². The van der Waals surface area contributed by atoms with Crippen molar-refractivity contribution in [3.63, 3.8) is 0 Å². The van der Waals surface area contributed by atoms with Crippen molar-refractivity contribution < 1.29 is 25.3 Å². The smallest absolute Gasteiger partial charge is 0.285 e. The van der Waals surface area contributed by atoms with Crippen molar-refractivity contribution in [1.82, 2.24) is 0 Å². The Hall–Kier alpha value is -1.25.